The van der Waals surface area contributed by atoms with Crippen molar-refractivity contribution in [2.24, 2.45) is 0 Å². The number of carbonyl (C=O) groups excluding carboxylic acids is 2. The minimum Gasteiger partial charge on any atom is -0.477 e. The molecule has 3 aliphatic rings. The van der Waals surface area contributed by atoms with Crippen molar-refractivity contribution in [3.63, 3.8) is 0 Å². The molecule has 18 unspecified atom stereocenters. The molecule has 3 saturated heterocycles. The van der Waals surface area contributed by atoms with Gasteiger partial charge in [0.2, 0.25) is 11.8 Å². The Morgan fingerprint density at radius 1 is 0.536 bits per heavy atom. The molecule has 14 N–H and O–H groups in total. The lowest BCUT2D eigenvalue weighted by molar-refractivity contribution is -0.386. The zero-order valence-electron chi connectivity index (χ0n) is 60.0. The molecule has 0 aromatic rings. The number of ether oxygens (including phenoxy) is 6. The second kappa shape index (κ2) is 54.2. The minimum absolute atomic E-state index is 0.206. The summed E-state index contributed by atoms with van der Waals surface area (Å²) in [5.74, 6) is -6.13. The first-order valence-electron chi connectivity index (χ1n) is 38.6. The molecular formula is C74H138N2O21. The van der Waals surface area contributed by atoms with E-state index in [2.05, 4.69) is 24.5 Å². The second-order valence-corrected chi connectivity index (χ2v) is 28.2. The summed E-state index contributed by atoms with van der Waals surface area (Å²) in [4.78, 5) is 38.6. The number of aliphatic hydroxyl groups excluding tert-OH is 11. The van der Waals surface area contributed by atoms with E-state index in [1.807, 2.05) is 6.08 Å². The van der Waals surface area contributed by atoms with E-state index < -0.39 is 155 Å². The monoisotopic (exact) mass is 1390 g/mol. The van der Waals surface area contributed by atoms with Crippen LogP contribution in [0.5, 0.6) is 0 Å². The van der Waals surface area contributed by atoms with Gasteiger partial charge in [0.25, 0.3) is 5.79 Å². The summed E-state index contributed by atoms with van der Waals surface area (Å²) in [5.41, 5.74) is 0. The maximum atomic E-state index is 13.5. The highest BCUT2D eigenvalue weighted by Gasteiger charge is 2.60. The molecule has 0 aromatic heterocycles. The fourth-order valence-corrected chi connectivity index (χ4v) is 13.6. The average molecular weight is 1390 g/mol. The van der Waals surface area contributed by atoms with Gasteiger partial charge in [-0.25, -0.2) is 4.79 Å². The SMILES string of the molecule is CCCCCCCCCCCCCCCCCCCC/C=C/C(O)C(COC1OC(CO)C(OC2OC(CO)C(O)C(OC3(C(=O)O)CC(O)C(NC(C)=O)C(C(O)C(O)CO)O3)C2O)C(O)C1O)NC(=O)CCCCCCCCCCCCCCCCCCCCCCCCC. The topological polar surface area (TPSA) is 373 Å². The number of allylic oxidation sites excluding steroid dienone is 1. The number of carboxylic acids is 1. The third-order valence-corrected chi connectivity index (χ3v) is 19.7. The number of rotatable bonds is 60. The van der Waals surface area contributed by atoms with Crippen molar-refractivity contribution in [1.29, 1.82) is 0 Å². The molecule has 23 nitrogen and oxygen atoms in total. The highest BCUT2D eigenvalue weighted by Crippen LogP contribution is 2.39. The maximum Gasteiger partial charge on any atom is 0.364 e. The molecule has 0 radical (unpaired) electrons. The van der Waals surface area contributed by atoms with Crippen LogP contribution in [0.3, 0.4) is 0 Å². The average Bonchev–Trinajstić information content (AvgIpc) is 0.760. The molecule has 0 saturated carbocycles. The van der Waals surface area contributed by atoms with Crippen molar-refractivity contribution in [2.45, 2.75) is 413 Å². The Morgan fingerprint density at radius 2 is 0.959 bits per heavy atom. The van der Waals surface area contributed by atoms with Gasteiger partial charge < -0.3 is 100 Å². The van der Waals surface area contributed by atoms with Gasteiger partial charge in [-0.1, -0.05) is 276 Å². The summed E-state index contributed by atoms with van der Waals surface area (Å²) >= 11 is 0. The van der Waals surface area contributed by atoms with Crippen LogP contribution in [0.1, 0.15) is 303 Å². The van der Waals surface area contributed by atoms with Gasteiger partial charge in [0.05, 0.1) is 50.7 Å². The molecule has 97 heavy (non-hydrogen) atoms. The Balaban J connectivity index is 1.55. The van der Waals surface area contributed by atoms with Gasteiger partial charge in [0, 0.05) is 19.8 Å². The van der Waals surface area contributed by atoms with Gasteiger partial charge in [-0.15, -0.1) is 0 Å². The molecule has 0 bridgehead atoms. The van der Waals surface area contributed by atoms with Gasteiger partial charge in [0.1, 0.15) is 67.1 Å². The van der Waals surface area contributed by atoms with E-state index >= 15 is 0 Å². The fraction of sp³-hybridized carbons (Fsp3) is 0.932. The van der Waals surface area contributed by atoms with Crippen molar-refractivity contribution in [3.8, 4) is 0 Å². The van der Waals surface area contributed by atoms with Crippen LogP contribution in [-0.2, 0) is 42.8 Å². The Kier molecular flexibility index (Phi) is 49.5. The smallest absolute Gasteiger partial charge is 0.364 e. The molecule has 0 aliphatic carbocycles. The van der Waals surface area contributed by atoms with E-state index in [-0.39, 0.29) is 12.3 Å². The van der Waals surface area contributed by atoms with Gasteiger partial charge >= 0.3 is 5.97 Å². The largest absolute Gasteiger partial charge is 0.477 e. The normalized spacial score (nSPS) is 27.4. The van der Waals surface area contributed by atoms with Crippen LogP contribution in [0.15, 0.2) is 12.2 Å². The molecular weight excluding hydrogens is 1250 g/mol. The van der Waals surface area contributed by atoms with Crippen molar-refractivity contribution in [2.75, 3.05) is 26.4 Å². The van der Waals surface area contributed by atoms with Gasteiger partial charge in [-0.3, -0.25) is 9.59 Å². The summed E-state index contributed by atoms with van der Waals surface area (Å²) in [5, 5.41) is 136. The minimum atomic E-state index is -3.08. The number of carbonyl (C=O) groups is 3. The van der Waals surface area contributed by atoms with E-state index in [1.165, 1.54) is 212 Å². The summed E-state index contributed by atoms with van der Waals surface area (Å²) < 4.78 is 34.9. The lowest BCUT2D eigenvalue weighted by Crippen LogP contribution is -2.70. The van der Waals surface area contributed by atoms with Gasteiger partial charge in [-0.05, 0) is 19.3 Å². The fourth-order valence-electron chi connectivity index (χ4n) is 13.6. The Bertz CT molecular complexity index is 2000. The molecule has 18 atom stereocenters. The zero-order chi connectivity index (χ0) is 71.1. The second-order valence-electron chi connectivity index (χ2n) is 28.2. The number of nitrogens with one attached hydrogen (secondary N) is 2. The van der Waals surface area contributed by atoms with Crippen LogP contribution in [0, 0.1) is 0 Å². The van der Waals surface area contributed by atoms with Crippen LogP contribution in [0.25, 0.3) is 0 Å². The predicted molar refractivity (Wildman–Crippen MR) is 371 cm³/mol. The number of hydrogen-bond donors (Lipinski definition) is 14. The maximum absolute atomic E-state index is 13.5. The highest BCUT2D eigenvalue weighted by atomic mass is 16.8. The number of unbranched alkanes of at least 4 members (excludes halogenated alkanes) is 40. The molecule has 3 heterocycles. The van der Waals surface area contributed by atoms with E-state index in [0.717, 1.165) is 51.9 Å². The van der Waals surface area contributed by atoms with E-state index in [9.17, 15) is 75.7 Å². The van der Waals surface area contributed by atoms with Crippen LogP contribution >= 0.6 is 0 Å². The number of carboxylic acid groups (broad SMARTS) is 1. The molecule has 3 fully saturated rings. The number of aliphatic carboxylic acids is 1. The van der Waals surface area contributed by atoms with Gasteiger partial charge in [-0.2, -0.15) is 0 Å². The third-order valence-electron chi connectivity index (χ3n) is 19.7. The quantitative estimate of drug-likeness (QED) is 0.0199. The first-order chi connectivity index (χ1) is 46.9. The Morgan fingerprint density at radius 3 is 1.37 bits per heavy atom. The third kappa shape index (κ3) is 35.5. The van der Waals surface area contributed by atoms with Crippen molar-refractivity contribution in [1.82, 2.24) is 10.6 Å². The summed E-state index contributed by atoms with van der Waals surface area (Å²) in [6.07, 6.45) is 26.7. The van der Waals surface area contributed by atoms with Gasteiger partial charge in [0.15, 0.2) is 12.6 Å². The van der Waals surface area contributed by atoms with Crippen LogP contribution in [0.4, 0.5) is 0 Å². The molecule has 3 aliphatic heterocycles. The molecule has 0 aromatic carbocycles. The molecule has 23 heteroatoms. The Hall–Kier alpha value is -2.53. The number of amides is 2. The molecule has 2 amide bonds. The lowest BCUT2D eigenvalue weighted by atomic mass is 9.88. The summed E-state index contributed by atoms with van der Waals surface area (Å²) in [6, 6.07) is -2.61. The highest BCUT2D eigenvalue weighted by molar-refractivity contribution is 5.77. The predicted octanol–water partition coefficient (Wildman–Crippen LogP) is 9.02. The van der Waals surface area contributed by atoms with Crippen LogP contribution < -0.4 is 10.6 Å². The summed E-state index contributed by atoms with van der Waals surface area (Å²) in [7, 11) is 0. The molecule has 3 rings (SSSR count). The van der Waals surface area contributed by atoms with E-state index in [4.69, 9.17) is 28.4 Å². The Labute approximate surface area is 581 Å². The first kappa shape index (κ1) is 88.7. The van der Waals surface area contributed by atoms with Crippen molar-refractivity contribution in [3.05, 3.63) is 12.2 Å². The standard InChI is InChI=1S/C74H138N2O21/c1-4-6-8-10-12-14-16-18-20-22-24-26-27-28-30-32-34-36-38-40-42-44-46-48-61(84)76-55(56(81)47-45-43-41-39-37-35-33-31-29-25-23-21-19-17-15-13-11-9-7-5-2)53-92-71-66(88)65(87)68(60(52-79)94-71)95-72-67(89)70(64(86)59(51-78)93-72)97-74(73(90)91)49-57(82)62(75-54(3)80)69(96-74)63(85)58(83)50-77/h45,47,55-60,62-72,77-79,81-83,85-89H,4-44,46,48-53H2,1-3H3,(H,75,80)(H,76,84)(H,90,91)/b47-45+. The molecule has 570 valence electrons. The zero-order valence-corrected chi connectivity index (χ0v) is 60.0. The van der Waals surface area contributed by atoms with E-state index in [1.54, 1.807) is 6.08 Å². The lowest BCUT2D eigenvalue weighted by Gasteiger charge is -2.50. The van der Waals surface area contributed by atoms with Crippen molar-refractivity contribution < 1.29 is 104 Å². The van der Waals surface area contributed by atoms with E-state index in [0.29, 0.717) is 12.8 Å². The first-order valence-corrected chi connectivity index (χ1v) is 38.6. The van der Waals surface area contributed by atoms with Crippen LogP contribution in [0.2, 0.25) is 0 Å². The summed E-state index contributed by atoms with van der Waals surface area (Å²) in [6.45, 7) is 2.19. The van der Waals surface area contributed by atoms with Crippen molar-refractivity contribution >= 4 is 17.8 Å². The molecule has 0 spiro atoms. The van der Waals surface area contributed by atoms with Crippen LogP contribution in [-0.4, -0.2) is 215 Å². The number of hydrogen-bond acceptors (Lipinski definition) is 20. The number of aliphatic hydroxyl groups is 11.